The molecule has 6 rings (SSSR count). The number of imidazole rings is 1. The Morgan fingerprint density at radius 1 is 0.877 bits per heavy atom. The Bertz CT molecular complexity index is 2370. The summed E-state index contributed by atoms with van der Waals surface area (Å²) >= 11 is 6.31. The van der Waals surface area contributed by atoms with E-state index in [1.807, 2.05) is 13.8 Å². The highest BCUT2D eigenvalue weighted by atomic mass is 79.9. The highest BCUT2D eigenvalue weighted by molar-refractivity contribution is 9.10. The molecule has 15 nitrogen and oxygen atoms in total. The predicted molar refractivity (Wildman–Crippen MR) is 245 cm³/mol. The fourth-order valence-electron chi connectivity index (χ4n) is 6.15. The topological polar surface area (TPSA) is 214 Å². The van der Waals surface area contributed by atoms with Crippen molar-refractivity contribution in [1.82, 2.24) is 20.5 Å². The zero-order chi connectivity index (χ0) is 47.8. The number of nitrogens with two attached hydrogens (primary N) is 1. The molecule has 1 saturated heterocycles. The Labute approximate surface area is 390 Å². The summed E-state index contributed by atoms with van der Waals surface area (Å²) in [5.74, 6) is -4.44. The van der Waals surface area contributed by atoms with Crippen molar-refractivity contribution >= 4 is 77.5 Å². The van der Waals surface area contributed by atoms with Crippen LogP contribution in [-0.2, 0) is 21.0 Å². The van der Waals surface area contributed by atoms with Crippen LogP contribution in [-0.4, -0.2) is 88.0 Å². The van der Waals surface area contributed by atoms with Gasteiger partial charge in [-0.25, -0.2) is 33.5 Å². The molecule has 354 valence electrons. The van der Waals surface area contributed by atoms with Crippen LogP contribution in [0.4, 0.5) is 40.3 Å². The van der Waals surface area contributed by atoms with Crippen LogP contribution < -0.4 is 27.3 Å². The largest absolute Gasteiger partial charge is 0.394 e. The van der Waals surface area contributed by atoms with Gasteiger partial charge in [-0.1, -0.05) is 51.8 Å². The molecule has 1 aromatic heterocycles. The first-order valence-electron chi connectivity index (χ1n) is 20.5. The molecule has 21 heteroatoms. The third-order valence-electron chi connectivity index (χ3n) is 9.49. The van der Waals surface area contributed by atoms with Crippen molar-refractivity contribution in [2.45, 2.75) is 77.7 Å². The number of hydroxylamine groups is 2. The summed E-state index contributed by atoms with van der Waals surface area (Å²) in [6, 6.07) is 12.7. The maximum Gasteiger partial charge on any atom is 0.277 e. The van der Waals surface area contributed by atoms with E-state index in [1.165, 1.54) is 73.1 Å². The molecule has 0 spiro atoms. The molecule has 1 aliphatic rings. The molecule has 4 aromatic carbocycles. The first-order chi connectivity index (χ1) is 31.0. The molecule has 3 atom stereocenters. The number of fused-ring (bicyclic) bond motifs is 1. The number of aliphatic hydroxyl groups excluding tert-OH is 3. The van der Waals surface area contributed by atoms with E-state index >= 15 is 4.39 Å². The zero-order valence-electron chi connectivity index (χ0n) is 36.1. The SMILES string of the molecule is CC(C)c1ccc(C(=O)NOCCO)c(Nc2ccc(Br)cc2F)c1F.CC(O)Cn1cnc2c(F)c(Nc3ccc(Br)cc3F)c(C(=O)NOC(C)CO)cc21.NCC1CCCCO1. The van der Waals surface area contributed by atoms with Crippen LogP contribution in [0, 0.1) is 23.3 Å². The van der Waals surface area contributed by atoms with E-state index in [0.717, 1.165) is 13.0 Å². The molecule has 0 bridgehead atoms. The number of nitrogens with zero attached hydrogens (tertiary/aromatic N) is 2. The molecule has 65 heavy (non-hydrogen) atoms. The number of amides is 2. The smallest absolute Gasteiger partial charge is 0.277 e. The highest BCUT2D eigenvalue weighted by Gasteiger charge is 2.25. The number of nitrogens with one attached hydrogen (secondary N) is 4. The third kappa shape index (κ3) is 15.2. The second kappa shape index (κ2) is 25.8. The summed E-state index contributed by atoms with van der Waals surface area (Å²) in [4.78, 5) is 38.9. The lowest BCUT2D eigenvalue weighted by molar-refractivity contribution is -0.0304. The molecule has 1 aliphatic heterocycles. The van der Waals surface area contributed by atoms with E-state index < -0.39 is 47.3 Å². The number of carbonyl (C=O) groups excluding carboxylic acids is 2. The number of anilines is 4. The molecule has 2 amide bonds. The van der Waals surface area contributed by atoms with Crippen molar-refractivity contribution in [2.24, 2.45) is 5.73 Å². The minimum absolute atomic E-state index is 0.0262. The lowest BCUT2D eigenvalue weighted by atomic mass is 9.98. The predicted octanol–water partition coefficient (Wildman–Crippen LogP) is 8.01. The van der Waals surface area contributed by atoms with E-state index in [0.29, 0.717) is 27.2 Å². The summed E-state index contributed by atoms with van der Waals surface area (Å²) in [5, 5.41) is 32.7. The van der Waals surface area contributed by atoms with E-state index in [2.05, 4.69) is 58.4 Å². The molecule has 0 radical (unpaired) electrons. The van der Waals surface area contributed by atoms with Crippen LogP contribution in [0.25, 0.3) is 11.0 Å². The monoisotopic (exact) mass is 1040 g/mol. The molecule has 9 N–H and O–H groups in total. The molecule has 3 unspecified atom stereocenters. The summed E-state index contributed by atoms with van der Waals surface area (Å²) in [5.41, 5.74) is 9.55. The number of carbonyl (C=O) groups is 2. The molecule has 1 fully saturated rings. The van der Waals surface area contributed by atoms with E-state index in [-0.39, 0.29) is 77.2 Å². The first-order valence-corrected chi connectivity index (χ1v) is 22.1. The van der Waals surface area contributed by atoms with E-state index in [1.54, 1.807) is 19.1 Å². The van der Waals surface area contributed by atoms with Crippen LogP contribution >= 0.6 is 31.9 Å². The standard InChI is InChI=1S/C20H21BrF2N4O4.C18H19BrF2N2O3.C6H13NO/c1-10(29)7-27-9-24-19-16(27)6-13(20(30)26-31-11(2)8-28)18(17(19)23)25-15-4-3-12(21)5-14(15)22;1-10(2)12-4-5-13(18(25)23-26-8-7-24)17(16(12)21)22-15-6-3-11(19)9-14(15)20;7-5-6-3-1-2-4-8-6/h3-6,9-11,25,28-29H,7-8H2,1-2H3,(H,26,30);3-6,9-10,22,24H,7-8H2,1-2H3,(H,23,25);6H,1-5,7H2. The normalized spacial score (nSPS) is 14.4. The summed E-state index contributed by atoms with van der Waals surface area (Å²) in [6.07, 6.45) is 3.95. The van der Waals surface area contributed by atoms with Crippen molar-refractivity contribution < 1.29 is 56.9 Å². The molecular formula is C44H53Br2F4N7O8. The number of hydrogen-bond donors (Lipinski definition) is 8. The van der Waals surface area contributed by atoms with E-state index in [9.17, 15) is 27.9 Å². The molecule has 0 aliphatic carbocycles. The zero-order valence-corrected chi connectivity index (χ0v) is 39.2. The quantitative estimate of drug-likeness (QED) is 0.0268. The van der Waals surface area contributed by atoms with Gasteiger partial charge in [0.05, 0.1) is 77.7 Å². The average Bonchev–Trinajstić information content (AvgIpc) is 3.68. The number of aliphatic hydroxyl groups is 3. The van der Waals surface area contributed by atoms with Crippen molar-refractivity contribution in [3.05, 3.63) is 110 Å². The van der Waals surface area contributed by atoms with Crippen molar-refractivity contribution in [3.63, 3.8) is 0 Å². The second-order valence-electron chi connectivity index (χ2n) is 15.0. The van der Waals surface area contributed by atoms with E-state index in [4.69, 9.17) is 30.4 Å². The van der Waals surface area contributed by atoms with Crippen molar-refractivity contribution in [3.8, 4) is 0 Å². The lowest BCUT2D eigenvalue weighted by Gasteiger charge is -2.20. The van der Waals surface area contributed by atoms with Crippen LogP contribution in [0.3, 0.4) is 0 Å². The summed E-state index contributed by atoms with van der Waals surface area (Å²) in [7, 11) is 0. The Balaban J connectivity index is 0.000000245. The van der Waals surface area contributed by atoms with Gasteiger partial charge in [0.2, 0.25) is 0 Å². The van der Waals surface area contributed by atoms with Gasteiger partial charge in [0.1, 0.15) is 23.3 Å². The number of ether oxygens (including phenoxy) is 1. The first kappa shape index (κ1) is 52.9. The van der Waals surface area contributed by atoms with Crippen LogP contribution in [0.1, 0.15) is 79.2 Å². The van der Waals surface area contributed by atoms with Gasteiger partial charge in [0.15, 0.2) is 11.6 Å². The average molecular weight is 1040 g/mol. The van der Waals surface area contributed by atoms with Crippen LogP contribution in [0.15, 0.2) is 69.9 Å². The van der Waals surface area contributed by atoms with Gasteiger partial charge in [-0.05, 0) is 93.1 Å². The third-order valence-corrected chi connectivity index (χ3v) is 10.5. The highest BCUT2D eigenvalue weighted by Crippen LogP contribution is 2.34. The Morgan fingerprint density at radius 2 is 1.49 bits per heavy atom. The molecular weight excluding hydrogens is 990 g/mol. The number of halogens is 6. The van der Waals surface area contributed by atoms with Crippen LogP contribution in [0.5, 0.6) is 0 Å². The minimum Gasteiger partial charge on any atom is -0.394 e. The van der Waals surface area contributed by atoms with Gasteiger partial charge >= 0.3 is 0 Å². The Hall–Kier alpha value is -4.71. The second-order valence-corrected chi connectivity index (χ2v) is 16.9. The number of aromatic nitrogens is 2. The van der Waals surface area contributed by atoms with Gasteiger partial charge in [-0.15, -0.1) is 0 Å². The van der Waals surface area contributed by atoms with Gasteiger partial charge in [0, 0.05) is 28.6 Å². The summed E-state index contributed by atoms with van der Waals surface area (Å²) < 4.78 is 66.7. The van der Waals surface area contributed by atoms with Crippen LogP contribution in [0.2, 0.25) is 0 Å². The van der Waals surface area contributed by atoms with Gasteiger partial charge in [0.25, 0.3) is 11.8 Å². The summed E-state index contributed by atoms with van der Waals surface area (Å²) in [6.45, 7) is 7.72. The Kier molecular flexibility index (Phi) is 21.0. The lowest BCUT2D eigenvalue weighted by Crippen LogP contribution is -2.30. The fraction of sp³-hybridized carbons (Fsp3) is 0.386. The van der Waals surface area contributed by atoms with Crippen molar-refractivity contribution in [1.29, 1.82) is 0 Å². The van der Waals surface area contributed by atoms with Gasteiger partial charge in [-0.2, -0.15) is 0 Å². The maximum absolute atomic E-state index is 15.4. The molecule has 2 heterocycles. The number of hydrogen-bond acceptors (Lipinski definition) is 12. The maximum atomic E-state index is 15.4. The molecule has 5 aromatic rings. The number of benzene rings is 4. The number of rotatable bonds is 16. The fourth-order valence-corrected chi connectivity index (χ4v) is 6.81. The molecule has 0 saturated carbocycles. The Morgan fingerprint density at radius 3 is 2.00 bits per heavy atom. The minimum atomic E-state index is -0.871. The van der Waals surface area contributed by atoms with Gasteiger partial charge in [-0.3, -0.25) is 19.3 Å². The van der Waals surface area contributed by atoms with Gasteiger partial charge < -0.3 is 41.0 Å². The van der Waals surface area contributed by atoms with Crippen molar-refractivity contribution in [2.75, 3.05) is 43.6 Å².